The smallest absolute Gasteiger partial charge is 0.317 e. The molecule has 0 aliphatic carbocycles. The molecule has 0 unspecified atom stereocenters. The highest BCUT2D eigenvalue weighted by molar-refractivity contribution is 9.10. The maximum absolute atomic E-state index is 12.0. The van der Waals surface area contributed by atoms with Crippen LogP contribution in [0.25, 0.3) is 0 Å². The largest absolute Gasteiger partial charge is 0.471 e. The van der Waals surface area contributed by atoms with Crippen molar-refractivity contribution in [1.29, 1.82) is 0 Å². The molecule has 0 aromatic heterocycles. The van der Waals surface area contributed by atoms with Gasteiger partial charge in [-0.15, -0.1) is 0 Å². The van der Waals surface area contributed by atoms with Crippen molar-refractivity contribution in [3.05, 3.63) is 28.2 Å². The fraction of sp³-hybridized carbons (Fsp3) is 0.300. The van der Waals surface area contributed by atoms with Crippen molar-refractivity contribution in [3.8, 4) is 0 Å². The number of amides is 1. The maximum Gasteiger partial charge on any atom is 0.471 e. The molecular weight excluding hydrogens is 287 g/mol. The first-order chi connectivity index (χ1) is 7.34. The number of aryl methyl sites for hydroxylation is 1. The van der Waals surface area contributed by atoms with Crippen LogP contribution in [0.2, 0.25) is 0 Å². The molecular formula is C10H9BrF3NO. The lowest BCUT2D eigenvalue weighted by Crippen LogP contribution is -2.30. The number of carbonyl (C=O) groups excluding carboxylic acids is 1. The molecule has 1 amide bonds. The van der Waals surface area contributed by atoms with E-state index >= 15 is 0 Å². The van der Waals surface area contributed by atoms with E-state index < -0.39 is 12.1 Å². The predicted molar refractivity (Wildman–Crippen MR) is 58.2 cm³/mol. The van der Waals surface area contributed by atoms with E-state index in [1.807, 2.05) is 6.92 Å². The van der Waals surface area contributed by atoms with Gasteiger partial charge in [0.25, 0.3) is 0 Å². The van der Waals surface area contributed by atoms with Crippen molar-refractivity contribution in [3.63, 3.8) is 0 Å². The van der Waals surface area contributed by atoms with E-state index in [2.05, 4.69) is 15.9 Å². The highest BCUT2D eigenvalue weighted by atomic mass is 79.9. The van der Waals surface area contributed by atoms with Crippen LogP contribution in [0.3, 0.4) is 0 Å². The van der Waals surface area contributed by atoms with E-state index in [0.29, 0.717) is 4.47 Å². The van der Waals surface area contributed by atoms with Crippen molar-refractivity contribution in [2.45, 2.75) is 19.5 Å². The normalized spacial score (nSPS) is 11.3. The molecule has 0 bridgehead atoms. The quantitative estimate of drug-likeness (QED) is 0.889. The summed E-state index contributed by atoms with van der Waals surface area (Å²) < 4.78 is 36.4. The van der Waals surface area contributed by atoms with Gasteiger partial charge in [0.2, 0.25) is 0 Å². The second kappa shape index (κ2) is 4.86. The van der Waals surface area contributed by atoms with Crippen LogP contribution < -0.4 is 5.32 Å². The van der Waals surface area contributed by atoms with Crippen LogP contribution in [0.1, 0.15) is 12.5 Å². The summed E-state index contributed by atoms with van der Waals surface area (Å²) in [5, 5.41) is 1.79. The number of nitrogens with one attached hydrogen (secondary N) is 1. The minimum atomic E-state index is -4.87. The Kier molecular flexibility index (Phi) is 3.96. The van der Waals surface area contributed by atoms with E-state index in [9.17, 15) is 18.0 Å². The first kappa shape index (κ1) is 13.0. The van der Waals surface area contributed by atoms with Gasteiger partial charge in [-0.25, -0.2) is 0 Å². The minimum absolute atomic E-state index is 0.111. The Labute approximate surface area is 99.0 Å². The molecule has 1 aromatic carbocycles. The first-order valence-corrected chi connectivity index (χ1v) is 5.30. The molecule has 0 saturated heterocycles. The molecule has 16 heavy (non-hydrogen) atoms. The summed E-state index contributed by atoms with van der Waals surface area (Å²) in [6, 6.07) is 4.77. The molecule has 1 aromatic rings. The molecule has 2 nitrogen and oxygen atoms in total. The van der Waals surface area contributed by atoms with Crippen LogP contribution in [0.4, 0.5) is 18.9 Å². The lowest BCUT2D eigenvalue weighted by atomic mass is 10.1. The number of hydrogen-bond donors (Lipinski definition) is 1. The molecule has 88 valence electrons. The molecule has 0 aliphatic rings. The van der Waals surface area contributed by atoms with Gasteiger partial charge in [-0.3, -0.25) is 4.79 Å². The van der Waals surface area contributed by atoms with E-state index in [0.717, 1.165) is 12.0 Å². The third-order valence-electron chi connectivity index (χ3n) is 1.95. The van der Waals surface area contributed by atoms with E-state index in [1.165, 1.54) is 6.07 Å². The van der Waals surface area contributed by atoms with Gasteiger partial charge in [-0.1, -0.05) is 13.0 Å². The summed E-state index contributed by atoms with van der Waals surface area (Å²) in [6.07, 6.45) is -4.10. The summed E-state index contributed by atoms with van der Waals surface area (Å²) in [5.74, 6) is -1.97. The van der Waals surface area contributed by atoms with Crippen LogP contribution in [0.15, 0.2) is 22.7 Å². The molecule has 0 atom stereocenters. The molecule has 0 heterocycles. The standard InChI is InChI=1S/C10H9BrF3NO/c1-2-6-3-4-8(7(11)5-6)15-9(16)10(12,13)14/h3-5H,2H2,1H3,(H,15,16). The summed E-state index contributed by atoms with van der Waals surface area (Å²) in [4.78, 5) is 10.7. The zero-order valence-electron chi connectivity index (χ0n) is 8.36. The summed E-state index contributed by atoms with van der Waals surface area (Å²) >= 11 is 3.10. The Hall–Kier alpha value is -1.04. The Morgan fingerprint density at radius 2 is 2.06 bits per heavy atom. The van der Waals surface area contributed by atoms with Gasteiger partial charge in [0.1, 0.15) is 0 Å². The summed E-state index contributed by atoms with van der Waals surface area (Å²) in [7, 11) is 0. The number of rotatable bonds is 2. The topological polar surface area (TPSA) is 29.1 Å². The number of alkyl halides is 3. The molecule has 6 heteroatoms. The SMILES string of the molecule is CCc1ccc(NC(=O)C(F)(F)F)c(Br)c1. The van der Waals surface area contributed by atoms with E-state index in [-0.39, 0.29) is 5.69 Å². The molecule has 0 saturated carbocycles. The fourth-order valence-corrected chi connectivity index (χ4v) is 1.60. The van der Waals surface area contributed by atoms with Crippen molar-refractivity contribution in [1.82, 2.24) is 0 Å². The van der Waals surface area contributed by atoms with E-state index in [4.69, 9.17) is 0 Å². The Morgan fingerprint density at radius 1 is 1.44 bits per heavy atom. The van der Waals surface area contributed by atoms with Gasteiger partial charge in [0.15, 0.2) is 0 Å². The molecule has 1 N–H and O–H groups in total. The first-order valence-electron chi connectivity index (χ1n) is 4.51. The van der Waals surface area contributed by atoms with Gasteiger partial charge in [-0.05, 0) is 40.0 Å². The van der Waals surface area contributed by atoms with Gasteiger partial charge in [0.05, 0.1) is 5.69 Å². The maximum atomic E-state index is 12.0. The lowest BCUT2D eigenvalue weighted by molar-refractivity contribution is -0.167. The number of benzene rings is 1. The second-order valence-electron chi connectivity index (χ2n) is 3.12. The Morgan fingerprint density at radius 3 is 2.50 bits per heavy atom. The Bertz CT molecular complexity index is 404. The minimum Gasteiger partial charge on any atom is -0.317 e. The van der Waals surface area contributed by atoms with Crippen molar-refractivity contribution in [2.75, 3.05) is 5.32 Å². The molecule has 0 radical (unpaired) electrons. The number of halogens is 4. The van der Waals surface area contributed by atoms with Crippen LogP contribution in [-0.4, -0.2) is 12.1 Å². The fourth-order valence-electron chi connectivity index (χ4n) is 1.07. The van der Waals surface area contributed by atoms with Crippen LogP contribution in [-0.2, 0) is 11.2 Å². The van der Waals surface area contributed by atoms with Crippen molar-refractivity contribution in [2.24, 2.45) is 0 Å². The van der Waals surface area contributed by atoms with Crippen LogP contribution in [0.5, 0.6) is 0 Å². The van der Waals surface area contributed by atoms with Gasteiger partial charge < -0.3 is 5.32 Å². The summed E-state index contributed by atoms with van der Waals surface area (Å²) in [5.41, 5.74) is 1.08. The highest BCUT2D eigenvalue weighted by Crippen LogP contribution is 2.26. The summed E-state index contributed by atoms with van der Waals surface area (Å²) in [6.45, 7) is 1.93. The molecule has 0 spiro atoms. The zero-order chi connectivity index (χ0) is 12.3. The van der Waals surface area contributed by atoms with Gasteiger partial charge >= 0.3 is 12.1 Å². The number of anilines is 1. The van der Waals surface area contributed by atoms with Crippen molar-refractivity contribution < 1.29 is 18.0 Å². The highest BCUT2D eigenvalue weighted by Gasteiger charge is 2.38. The number of hydrogen-bond acceptors (Lipinski definition) is 1. The van der Waals surface area contributed by atoms with Crippen LogP contribution in [0, 0.1) is 0 Å². The Balaban J connectivity index is 2.87. The predicted octanol–water partition coefficient (Wildman–Crippen LogP) is 3.51. The van der Waals surface area contributed by atoms with Crippen molar-refractivity contribution >= 4 is 27.5 Å². The molecule has 1 rings (SSSR count). The zero-order valence-corrected chi connectivity index (χ0v) is 9.95. The van der Waals surface area contributed by atoms with Gasteiger partial charge in [0, 0.05) is 4.47 Å². The second-order valence-corrected chi connectivity index (χ2v) is 3.97. The third kappa shape index (κ3) is 3.23. The van der Waals surface area contributed by atoms with E-state index in [1.54, 1.807) is 17.4 Å². The van der Waals surface area contributed by atoms with Gasteiger partial charge in [-0.2, -0.15) is 13.2 Å². The average Bonchev–Trinajstić information content (AvgIpc) is 2.19. The molecule has 0 fully saturated rings. The monoisotopic (exact) mass is 295 g/mol. The average molecular weight is 296 g/mol. The molecule has 0 aliphatic heterocycles. The van der Waals surface area contributed by atoms with Crippen LogP contribution >= 0.6 is 15.9 Å². The number of carbonyl (C=O) groups is 1. The third-order valence-corrected chi connectivity index (χ3v) is 2.60. The lowest BCUT2D eigenvalue weighted by Gasteiger charge is -2.10.